The molecule has 9 nitrogen and oxygen atoms in total. The van der Waals surface area contributed by atoms with Crippen molar-refractivity contribution < 1.29 is 9.53 Å². The van der Waals surface area contributed by atoms with Gasteiger partial charge < -0.3 is 10.1 Å². The average molecular weight is 337 g/mol. The van der Waals surface area contributed by atoms with Crippen molar-refractivity contribution in [2.24, 2.45) is 0 Å². The summed E-state index contributed by atoms with van der Waals surface area (Å²) in [6, 6.07) is 7.46. The van der Waals surface area contributed by atoms with Gasteiger partial charge in [0.15, 0.2) is 11.5 Å². The second-order valence-electron chi connectivity index (χ2n) is 5.28. The molecule has 0 spiro atoms. The summed E-state index contributed by atoms with van der Waals surface area (Å²) in [4.78, 5) is 16.6. The standard InChI is InChI=1S/C16H15N7O2/c1-2-25-16-14-22-20-12(23(14)8-7-17-16)9-18-15(24)13-10-5-3-4-6-11(10)19-21-13/h3-8H,2,9H2,1H3,(H,18,24)(H,19,21). The molecule has 1 amide bonds. The van der Waals surface area contributed by atoms with Gasteiger partial charge >= 0.3 is 0 Å². The number of nitrogens with one attached hydrogen (secondary N) is 2. The zero-order valence-electron chi connectivity index (χ0n) is 13.4. The second-order valence-corrected chi connectivity index (χ2v) is 5.28. The summed E-state index contributed by atoms with van der Waals surface area (Å²) in [5, 5.41) is 18.7. The monoisotopic (exact) mass is 337 g/mol. The van der Waals surface area contributed by atoms with Crippen molar-refractivity contribution in [2.45, 2.75) is 13.5 Å². The second kappa shape index (κ2) is 6.19. The first-order valence-corrected chi connectivity index (χ1v) is 7.80. The number of carbonyl (C=O) groups is 1. The lowest BCUT2D eigenvalue weighted by Gasteiger charge is -2.04. The number of nitrogens with zero attached hydrogens (tertiary/aromatic N) is 5. The number of rotatable bonds is 5. The summed E-state index contributed by atoms with van der Waals surface area (Å²) in [6.45, 7) is 2.56. The molecule has 126 valence electrons. The molecule has 0 aliphatic heterocycles. The average Bonchev–Trinajstić information content (AvgIpc) is 3.25. The zero-order valence-corrected chi connectivity index (χ0v) is 13.4. The van der Waals surface area contributed by atoms with Gasteiger partial charge in [0, 0.05) is 17.8 Å². The number of para-hydroxylation sites is 1. The molecule has 0 atom stereocenters. The number of benzene rings is 1. The van der Waals surface area contributed by atoms with E-state index >= 15 is 0 Å². The van der Waals surface area contributed by atoms with Crippen LogP contribution in [0.3, 0.4) is 0 Å². The minimum atomic E-state index is -0.284. The normalized spacial score (nSPS) is 11.1. The molecule has 4 rings (SSSR count). The van der Waals surface area contributed by atoms with Crippen LogP contribution in [0.2, 0.25) is 0 Å². The van der Waals surface area contributed by atoms with Crippen molar-refractivity contribution in [3.8, 4) is 5.88 Å². The Kier molecular flexibility index (Phi) is 3.73. The largest absolute Gasteiger partial charge is 0.475 e. The minimum absolute atomic E-state index is 0.205. The Morgan fingerprint density at radius 2 is 2.20 bits per heavy atom. The lowest BCUT2D eigenvalue weighted by Crippen LogP contribution is -2.24. The number of aromatic amines is 1. The van der Waals surface area contributed by atoms with Gasteiger partial charge in [-0.25, -0.2) is 4.98 Å². The van der Waals surface area contributed by atoms with Crippen molar-refractivity contribution in [2.75, 3.05) is 6.61 Å². The molecule has 0 unspecified atom stereocenters. The fourth-order valence-corrected chi connectivity index (χ4v) is 2.59. The maximum absolute atomic E-state index is 12.4. The third kappa shape index (κ3) is 2.65. The van der Waals surface area contributed by atoms with Crippen LogP contribution in [0.1, 0.15) is 23.2 Å². The van der Waals surface area contributed by atoms with Crippen molar-refractivity contribution >= 4 is 22.5 Å². The van der Waals surface area contributed by atoms with Gasteiger partial charge in [0.1, 0.15) is 0 Å². The highest BCUT2D eigenvalue weighted by Gasteiger charge is 2.16. The number of H-pyrrole nitrogens is 1. The quantitative estimate of drug-likeness (QED) is 0.568. The summed E-state index contributed by atoms with van der Waals surface area (Å²) in [6.07, 6.45) is 3.33. The van der Waals surface area contributed by atoms with Gasteiger partial charge in [-0.1, -0.05) is 18.2 Å². The first kappa shape index (κ1) is 15.1. The maximum Gasteiger partial charge on any atom is 0.272 e. The molecule has 0 fully saturated rings. The van der Waals surface area contributed by atoms with E-state index in [4.69, 9.17) is 4.74 Å². The number of aromatic nitrogens is 6. The zero-order chi connectivity index (χ0) is 17.2. The predicted octanol–water partition coefficient (Wildman–Crippen LogP) is 1.33. The van der Waals surface area contributed by atoms with E-state index in [9.17, 15) is 4.79 Å². The molecule has 1 aromatic carbocycles. The van der Waals surface area contributed by atoms with Crippen LogP contribution >= 0.6 is 0 Å². The molecule has 0 radical (unpaired) electrons. The third-order valence-electron chi connectivity index (χ3n) is 3.74. The van der Waals surface area contributed by atoms with E-state index in [1.165, 1.54) is 0 Å². The van der Waals surface area contributed by atoms with Crippen LogP contribution in [0, 0.1) is 0 Å². The van der Waals surface area contributed by atoms with E-state index in [0.29, 0.717) is 29.7 Å². The van der Waals surface area contributed by atoms with E-state index in [2.05, 4.69) is 30.7 Å². The van der Waals surface area contributed by atoms with Crippen LogP contribution in [0.5, 0.6) is 5.88 Å². The van der Waals surface area contributed by atoms with Crippen molar-refractivity contribution in [3.05, 3.63) is 48.2 Å². The number of fused-ring (bicyclic) bond motifs is 2. The summed E-state index contributed by atoms with van der Waals surface area (Å²) in [7, 11) is 0. The molecular weight excluding hydrogens is 322 g/mol. The van der Waals surface area contributed by atoms with E-state index in [-0.39, 0.29) is 12.5 Å². The molecule has 0 saturated carbocycles. The van der Waals surface area contributed by atoms with Crippen LogP contribution in [0.4, 0.5) is 0 Å². The fourth-order valence-electron chi connectivity index (χ4n) is 2.59. The fraction of sp³-hybridized carbons (Fsp3) is 0.188. The highest BCUT2D eigenvalue weighted by molar-refractivity contribution is 6.04. The van der Waals surface area contributed by atoms with Crippen molar-refractivity contribution in [1.82, 2.24) is 35.1 Å². The van der Waals surface area contributed by atoms with Gasteiger partial charge in [0.25, 0.3) is 11.8 Å². The predicted molar refractivity (Wildman–Crippen MR) is 89.2 cm³/mol. The number of hydrogen-bond donors (Lipinski definition) is 2. The van der Waals surface area contributed by atoms with Gasteiger partial charge in [-0.15, -0.1) is 10.2 Å². The Labute approximate surface area is 142 Å². The Hall–Kier alpha value is -3.49. The molecule has 0 aliphatic carbocycles. The van der Waals surface area contributed by atoms with Crippen LogP contribution in [-0.2, 0) is 6.54 Å². The Balaban J connectivity index is 1.56. The maximum atomic E-state index is 12.4. The van der Waals surface area contributed by atoms with E-state index in [1.54, 1.807) is 16.8 Å². The van der Waals surface area contributed by atoms with Crippen molar-refractivity contribution in [1.29, 1.82) is 0 Å². The lowest BCUT2D eigenvalue weighted by atomic mass is 10.2. The highest BCUT2D eigenvalue weighted by Crippen LogP contribution is 2.16. The smallest absolute Gasteiger partial charge is 0.272 e. The first-order valence-electron chi connectivity index (χ1n) is 7.80. The first-order chi connectivity index (χ1) is 12.3. The molecule has 0 aliphatic rings. The van der Waals surface area contributed by atoms with Crippen LogP contribution in [0.15, 0.2) is 36.7 Å². The van der Waals surface area contributed by atoms with E-state index in [0.717, 1.165) is 10.9 Å². The molecule has 9 heteroatoms. The highest BCUT2D eigenvalue weighted by atomic mass is 16.5. The molecule has 25 heavy (non-hydrogen) atoms. The molecule has 0 saturated heterocycles. The van der Waals surface area contributed by atoms with Gasteiger partial charge in [-0.05, 0) is 13.0 Å². The van der Waals surface area contributed by atoms with Gasteiger partial charge in [0.2, 0.25) is 5.65 Å². The van der Waals surface area contributed by atoms with Gasteiger partial charge in [-0.3, -0.25) is 14.3 Å². The lowest BCUT2D eigenvalue weighted by molar-refractivity contribution is 0.0946. The Bertz CT molecular complexity index is 1050. The van der Waals surface area contributed by atoms with Crippen molar-refractivity contribution in [3.63, 3.8) is 0 Å². The van der Waals surface area contributed by atoms with Gasteiger partial charge in [-0.2, -0.15) is 5.10 Å². The number of amides is 1. The summed E-state index contributed by atoms with van der Waals surface area (Å²) in [5.41, 5.74) is 1.67. The molecule has 0 bridgehead atoms. The van der Waals surface area contributed by atoms with E-state index in [1.807, 2.05) is 31.2 Å². The molecule has 3 heterocycles. The Morgan fingerprint density at radius 3 is 3.08 bits per heavy atom. The van der Waals surface area contributed by atoms with Crippen LogP contribution in [0.25, 0.3) is 16.6 Å². The third-order valence-corrected chi connectivity index (χ3v) is 3.74. The minimum Gasteiger partial charge on any atom is -0.475 e. The summed E-state index contributed by atoms with van der Waals surface area (Å²) in [5.74, 6) is 0.702. The Morgan fingerprint density at radius 1 is 1.32 bits per heavy atom. The van der Waals surface area contributed by atoms with Gasteiger partial charge in [0.05, 0.1) is 18.7 Å². The summed E-state index contributed by atoms with van der Waals surface area (Å²) >= 11 is 0. The number of carbonyl (C=O) groups excluding carboxylic acids is 1. The topological polar surface area (TPSA) is 110 Å². The van der Waals surface area contributed by atoms with Crippen LogP contribution in [-0.4, -0.2) is 42.3 Å². The number of hydrogen-bond acceptors (Lipinski definition) is 6. The molecule has 2 N–H and O–H groups in total. The molecule has 4 aromatic rings. The SMILES string of the molecule is CCOc1nccn2c(CNC(=O)c3n[nH]c4ccccc34)nnc12. The molecular formula is C16H15N7O2. The van der Waals surface area contributed by atoms with Crippen LogP contribution < -0.4 is 10.1 Å². The van der Waals surface area contributed by atoms with E-state index < -0.39 is 0 Å². The molecule has 3 aromatic heterocycles. The number of ether oxygens (including phenoxy) is 1. The summed E-state index contributed by atoms with van der Waals surface area (Å²) < 4.78 is 7.17.